The Hall–Kier alpha value is -1.12. The molecule has 0 amide bonds. The Morgan fingerprint density at radius 2 is 2.09 bits per heavy atom. The SMILES string of the molecule is c1occ2c1NCC1(CC1)N2. The molecule has 11 heavy (non-hydrogen) atoms. The molecule has 0 radical (unpaired) electrons. The van der Waals surface area contributed by atoms with Crippen molar-refractivity contribution >= 4 is 11.4 Å². The van der Waals surface area contributed by atoms with E-state index in [2.05, 4.69) is 10.6 Å². The van der Waals surface area contributed by atoms with Crippen LogP contribution in [0.4, 0.5) is 11.4 Å². The molecule has 0 atom stereocenters. The summed E-state index contributed by atoms with van der Waals surface area (Å²) in [6.07, 6.45) is 6.08. The van der Waals surface area contributed by atoms with E-state index in [-0.39, 0.29) is 0 Å². The van der Waals surface area contributed by atoms with Crippen LogP contribution in [0.1, 0.15) is 12.8 Å². The molecule has 0 saturated heterocycles. The first-order valence-corrected chi connectivity index (χ1v) is 3.96. The third-order valence-corrected chi connectivity index (χ3v) is 2.53. The molecule has 3 rings (SSSR count). The average Bonchev–Trinajstić information content (AvgIpc) is 2.63. The van der Waals surface area contributed by atoms with Crippen molar-refractivity contribution in [1.82, 2.24) is 0 Å². The fourth-order valence-electron chi connectivity index (χ4n) is 1.58. The average molecular weight is 150 g/mol. The van der Waals surface area contributed by atoms with Crippen molar-refractivity contribution in [3.63, 3.8) is 0 Å². The third-order valence-electron chi connectivity index (χ3n) is 2.53. The lowest BCUT2D eigenvalue weighted by atomic mass is 10.2. The highest BCUT2D eigenvalue weighted by Gasteiger charge is 2.45. The minimum atomic E-state index is 0.372. The second-order valence-corrected chi connectivity index (χ2v) is 3.46. The first kappa shape index (κ1) is 5.52. The molecule has 2 aliphatic rings. The molecular weight excluding hydrogens is 140 g/mol. The molecule has 1 aromatic heterocycles. The Morgan fingerprint density at radius 3 is 2.91 bits per heavy atom. The molecule has 2 N–H and O–H groups in total. The van der Waals surface area contributed by atoms with Crippen LogP contribution in [-0.4, -0.2) is 12.1 Å². The zero-order valence-corrected chi connectivity index (χ0v) is 6.18. The van der Waals surface area contributed by atoms with E-state index in [1.807, 2.05) is 0 Å². The van der Waals surface area contributed by atoms with Gasteiger partial charge in [0, 0.05) is 6.54 Å². The monoisotopic (exact) mass is 150 g/mol. The van der Waals surface area contributed by atoms with E-state index in [0.717, 1.165) is 17.9 Å². The zero-order valence-electron chi connectivity index (χ0n) is 6.18. The van der Waals surface area contributed by atoms with E-state index in [1.54, 1.807) is 12.5 Å². The van der Waals surface area contributed by atoms with Crippen LogP contribution < -0.4 is 10.6 Å². The molecule has 2 heterocycles. The summed E-state index contributed by atoms with van der Waals surface area (Å²) in [5, 5.41) is 6.81. The molecule has 1 aliphatic heterocycles. The molecule has 0 unspecified atom stereocenters. The van der Waals surface area contributed by atoms with Gasteiger partial charge in [-0.3, -0.25) is 0 Å². The molecular formula is C8H10N2O. The number of hydrogen-bond acceptors (Lipinski definition) is 3. The highest BCUT2D eigenvalue weighted by molar-refractivity contribution is 5.71. The number of nitrogens with one attached hydrogen (secondary N) is 2. The van der Waals surface area contributed by atoms with Crippen LogP contribution in [0.15, 0.2) is 16.9 Å². The quantitative estimate of drug-likeness (QED) is 0.590. The Bertz CT molecular complexity index is 288. The summed E-state index contributed by atoms with van der Waals surface area (Å²) in [5.74, 6) is 0. The van der Waals surface area contributed by atoms with Crippen LogP contribution in [-0.2, 0) is 0 Å². The first-order valence-electron chi connectivity index (χ1n) is 3.96. The van der Waals surface area contributed by atoms with Crippen molar-refractivity contribution in [2.24, 2.45) is 0 Å². The number of furan rings is 1. The van der Waals surface area contributed by atoms with Crippen molar-refractivity contribution in [2.75, 3.05) is 17.2 Å². The number of hydrogen-bond donors (Lipinski definition) is 2. The maximum Gasteiger partial charge on any atom is 0.116 e. The topological polar surface area (TPSA) is 37.2 Å². The summed E-state index contributed by atoms with van der Waals surface area (Å²) >= 11 is 0. The van der Waals surface area contributed by atoms with Gasteiger partial charge in [-0.25, -0.2) is 0 Å². The number of anilines is 2. The predicted octanol–water partition coefficient (Wildman–Crippen LogP) is 1.65. The van der Waals surface area contributed by atoms with Crippen molar-refractivity contribution < 1.29 is 4.42 Å². The highest BCUT2D eigenvalue weighted by atomic mass is 16.3. The van der Waals surface area contributed by atoms with Gasteiger partial charge >= 0.3 is 0 Å². The normalized spacial score (nSPS) is 23.6. The fourth-order valence-corrected chi connectivity index (χ4v) is 1.58. The number of fused-ring (bicyclic) bond motifs is 1. The van der Waals surface area contributed by atoms with Gasteiger partial charge in [-0.05, 0) is 12.8 Å². The summed E-state index contributed by atoms with van der Waals surface area (Å²) in [7, 11) is 0. The van der Waals surface area contributed by atoms with Crippen LogP contribution in [0.5, 0.6) is 0 Å². The molecule has 3 heteroatoms. The van der Waals surface area contributed by atoms with Gasteiger partial charge in [0.15, 0.2) is 0 Å². The molecule has 1 spiro atoms. The van der Waals surface area contributed by atoms with Crippen LogP contribution in [0.2, 0.25) is 0 Å². The van der Waals surface area contributed by atoms with Crippen molar-refractivity contribution in [3.8, 4) is 0 Å². The summed E-state index contributed by atoms with van der Waals surface area (Å²) in [4.78, 5) is 0. The molecule has 1 fully saturated rings. The molecule has 0 aromatic carbocycles. The predicted molar refractivity (Wildman–Crippen MR) is 42.8 cm³/mol. The highest BCUT2D eigenvalue weighted by Crippen LogP contribution is 2.44. The summed E-state index contributed by atoms with van der Waals surface area (Å²) < 4.78 is 5.06. The second-order valence-electron chi connectivity index (χ2n) is 3.46. The Labute approximate surface area is 64.8 Å². The molecule has 1 saturated carbocycles. The standard InChI is InChI=1S/C8H10N2O/c1-2-8(1)5-9-6-3-11-4-7(6)10-8/h3-4,9-10H,1-2,5H2. The largest absolute Gasteiger partial charge is 0.468 e. The first-order chi connectivity index (χ1) is 5.38. The van der Waals surface area contributed by atoms with E-state index in [1.165, 1.54) is 12.8 Å². The summed E-state index contributed by atoms with van der Waals surface area (Å²) in [6, 6.07) is 0. The van der Waals surface area contributed by atoms with Crippen LogP contribution in [0, 0.1) is 0 Å². The van der Waals surface area contributed by atoms with Crippen molar-refractivity contribution in [3.05, 3.63) is 12.5 Å². The summed E-state index contributed by atoms with van der Waals surface area (Å²) in [5.41, 5.74) is 2.59. The zero-order chi connectivity index (χ0) is 7.31. The Morgan fingerprint density at radius 1 is 1.27 bits per heavy atom. The van der Waals surface area contributed by atoms with E-state index in [4.69, 9.17) is 4.42 Å². The molecule has 0 bridgehead atoms. The molecule has 58 valence electrons. The van der Waals surface area contributed by atoms with Crippen LogP contribution in [0.3, 0.4) is 0 Å². The minimum absolute atomic E-state index is 0.372. The Kier molecular flexibility index (Phi) is 0.776. The molecule has 1 aliphatic carbocycles. The second kappa shape index (κ2) is 1.55. The van der Waals surface area contributed by atoms with Crippen molar-refractivity contribution in [1.29, 1.82) is 0 Å². The van der Waals surface area contributed by atoms with Gasteiger partial charge in [0.05, 0.1) is 16.9 Å². The lowest BCUT2D eigenvalue weighted by Gasteiger charge is -2.24. The summed E-state index contributed by atoms with van der Waals surface area (Å²) in [6.45, 7) is 1.04. The fraction of sp³-hybridized carbons (Fsp3) is 0.500. The van der Waals surface area contributed by atoms with Gasteiger partial charge < -0.3 is 15.1 Å². The third kappa shape index (κ3) is 0.679. The van der Waals surface area contributed by atoms with Crippen molar-refractivity contribution in [2.45, 2.75) is 18.4 Å². The Balaban J connectivity index is 2.00. The minimum Gasteiger partial charge on any atom is -0.468 e. The van der Waals surface area contributed by atoms with Gasteiger partial charge in [0.25, 0.3) is 0 Å². The lowest BCUT2D eigenvalue weighted by molar-refractivity contribution is 0.569. The van der Waals surface area contributed by atoms with Gasteiger partial charge in [-0.15, -0.1) is 0 Å². The molecule has 3 nitrogen and oxygen atoms in total. The van der Waals surface area contributed by atoms with E-state index < -0.39 is 0 Å². The van der Waals surface area contributed by atoms with Gasteiger partial charge in [0.1, 0.15) is 12.5 Å². The maximum atomic E-state index is 5.06. The number of rotatable bonds is 0. The van der Waals surface area contributed by atoms with Crippen LogP contribution in [0.25, 0.3) is 0 Å². The maximum absolute atomic E-state index is 5.06. The molecule has 1 aromatic rings. The lowest BCUT2D eigenvalue weighted by Crippen LogP contribution is -2.34. The van der Waals surface area contributed by atoms with E-state index in [0.29, 0.717) is 5.54 Å². The van der Waals surface area contributed by atoms with Gasteiger partial charge in [-0.2, -0.15) is 0 Å². The van der Waals surface area contributed by atoms with E-state index >= 15 is 0 Å². The smallest absolute Gasteiger partial charge is 0.116 e. The van der Waals surface area contributed by atoms with Gasteiger partial charge in [-0.1, -0.05) is 0 Å². The van der Waals surface area contributed by atoms with Crippen LogP contribution >= 0.6 is 0 Å². The van der Waals surface area contributed by atoms with Gasteiger partial charge in [0.2, 0.25) is 0 Å². The van der Waals surface area contributed by atoms with E-state index in [9.17, 15) is 0 Å².